The third-order valence-electron chi connectivity index (χ3n) is 3.03. The number of benzene rings is 1. The summed E-state index contributed by atoms with van der Waals surface area (Å²) in [5.41, 5.74) is 1.13. The molecule has 1 aromatic carbocycles. The van der Waals surface area contributed by atoms with Crippen molar-refractivity contribution in [1.29, 1.82) is 0 Å². The van der Waals surface area contributed by atoms with E-state index in [-0.39, 0.29) is 6.04 Å². The molecule has 0 spiro atoms. The molecule has 0 amide bonds. The number of methoxy groups -OCH3 is 2. The third kappa shape index (κ3) is 2.85. The van der Waals surface area contributed by atoms with Crippen LogP contribution in [-0.2, 0) is 0 Å². The molecule has 1 aliphatic rings. The highest BCUT2D eigenvalue weighted by molar-refractivity contribution is 6.33. The van der Waals surface area contributed by atoms with Crippen LogP contribution in [0, 0.1) is 0 Å². The average Bonchev–Trinajstić information content (AvgIpc) is 3.13. The topological polar surface area (TPSA) is 30.5 Å². The smallest absolute Gasteiger partial charge is 0.141 e. The minimum absolute atomic E-state index is 0.280. The summed E-state index contributed by atoms with van der Waals surface area (Å²) in [6.45, 7) is 2.14. The molecular weight excluding hydrogens is 238 g/mol. The monoisotopic (exact) mass is 255 g/mol. The standard InChI is InChI=1S/C13H18ClNO2/c1-8(15-10-4-5-10)9-6-11(16-2)13(14)12(7-9)17-3/h6-8,10,15H,4-5H2,1-3H3. The second-order valence-corrected chi connectivity index (χ2v) is 4.78. The summed E-state index contributed by atoms with van der Waals surface area (Å²) >= 11 is 6.13. The number of rotatable bonds is 5. The third-order valence-corrected chi connectivity index (χ3v) is 3.40. The van der Waals surface area contributed by atoms with Crippen LogP contribution >= 0.6 is 11.6 Å². The van der Waals surface area contributed by atoms with Gasteiger partial charge in [0.25, 0.3) is 0 Å². The van der Waals surface area contributed by atoms with Crippen LogP contribution in [0.15, 0.2) is 12.1 Å². The van der Waals surface area contributed by atoms with Crippen LogP contribution in [0.4, 0.5) is 0 Å². The molecular formula is C13H18ClNO2. The van der Waals surface area contributed by atoms with Crippen LogP contribution in [0.5, 0.6) is 11.5 Å². The van der Waals surface area contributed by atoms with Crippen LogP contribution in [0.2, 0.25) is 5.02 Å². The number of halogens is 1. The van der Waals surface area contributed by atoms with E-state index in [2.05, 4.69) is 12.2 Å². The predicted octanol–water partition coefficient (Wildman–Crippen LogP) is 3.17. The molecule has 3 nitrogen and oxygen atoms in total. The van der Waals surface area contributed by atoms with Crippen LogP contribution in [-0.4, -0.2) is 20.3 Å². The molecule has 1 atom stereocenters. The highest BCUT2D eigenvalue weighted by Crippen LogP contribution is 2.37. The summed E-state index contributed by atoms with van der Waals surface area (Å²) in [5.74, 6) is 1.32. The van der Waals surface area contributed by atoms with E-state index >= 15 is 0 Å². The van der Waals surface area contributed by atoms with Gasteiger partial charge in [-0.2, -0.15) is 0 Å². The van der Waals surface area contributed by atoms with Gasteiger partial charge >= 0.3 is 0 Å². The molecule has 0 heterocycles. The van der Waals surface area contributed by atoms with Gasteiger partial charge in [-0.3, -0.25) is 0 Å². The molecule has 0 aromatic heterocycles. The van der Waals surface area contributed by atoms with E-state index in [1.165, 1.54) is 12.8 Å². The molecule has 1 aliphatic carbocycles. The van der Waals surface area contributed by atoms with Crippen molar-refractivity contribution in [2.45, 2.75) is 31.8 Å². The van der Waals surface area contributed by atoms with Crippen LogP contribution in [0.1, 0.15) is 31.4 Å². The van der Waals surface area contributed by atoms with Crippen LogP contribution in [0.3, 0.4) is 0 Å². The first-order chi connectivity index (χ1) is 8.15. The van der Waals surface area contributed by atoms with Gasteiger partial charge in [0.2, 0.25) is 0 Å². The molecule has 2 rings (SSSR count). The SMILES string of the molecule is COc1cc(C(C)NC2CC2)cc(OC)c1Cl. The van der Waals surface area contributed by atoms with E-state index in [1.807, 2.05) is 12.1 Å². The summed E-state index contributed by atoms with van der Waals surface area (Å²) < 4.78 is 10.5. The molecule has 1 unspecified atom stereocenters. The summed E-state index contributed by atoms with van der Waals surface area (Å²) in [5, 5.41) is 4.06. The Bertz CT molecular complexity index is 379. The van der Waals surface area contributed by atoms with E-state index in [1.54, 1.807) is 14.2 Å². The van der Waals surface area contributed by atoms with Crippen molar-refractivity contribution < 1.29 is 9.47 Å². The van der Waals surface area contributed by atoms with Gasteiger partial charge in [-0.1, -0.05) is 11.6 Å². The average molecular weight is 256 g/mol. The molecule has 0 radical (unpaired) electrons. The Labute approximate surface area is 107 Å². The van der Waals surface area contributed by atoms with E-state index in [4.69, 9.17) is 21.1 Å². The van der Waals surface area contributed by atoms with Gasteiger partial charge in [-0.25, -0.2) is 0 Å². The highest BCUT2D eigenvalue weighted by Gasteiger charge is 2.24. The first-order valence-electron chi connectivity index (χ1n) is 5.83. The fourth-order valence-corrected chi connectivity index (χ4v) is 2.10. The zero-order chi connectivity index (χ0) is 12.4. The highest BCUT2D eigenvalue weighted by atomic mass is 35.5. The number of hydrogen-bond acceptors (Lipinski definition) is 3. The van der Waals surface area contributed by atoms with Crippen molar-refractivity contribution in [3.8, 4) is 11.5 Å². The van der Waals surface area contributed by atoms with Crippen LogP contribution in [0.25, 0.3) is 0 Å². The normalized spacial score (nSPS) is 16.7. The van der Waals surface area contributed by atoms with Gasteiger partial charge in [-0.15, -0.1) is 0 Å². The molecule has 1 fully saturated rings. The van der Waals surface area contributed by atoms with E-state index in [0.717, 1.165) is 5.56 Å². The summed E-state index contributed by atoms with van der Waals surface area (Å²) in [6.07, 6.45) is 2.54. The lowest BCUT2D eigenvalue weighted by Gasteiger charge is -2.17. The lowest BCUT2D eigenvalue weighted by molar-refractivity contribution is 0.392. The van der Waals surface area contributed by atoms with E-state index in [9.17, 15) is 0 Å². The lowest BCUT2D eigenvalue weighted by atomic mass is 10.1. The van der Waals surface area contributed by atoms with Gasteiger partial charge in [-0.05, 0) is 37.5 Å². The fourth-order valence-electron chi connectivity index (χ4n) is 1.84. The largest absolute Gasteiger partial charge is 0.495 e. The van der Waals surface area contributed by atoms with Crippen molar-refractivity contribution in [2.24, 2.45) is 0 Å². The number of nitrogens with one attached hydrogen (secondary N) is 1. The molecule has 1 saturated carbocycles. The van der Waals surface area contributed by atoms with Gasteiger partial charge in [0, 0.05) is 12.1 Å². The molecule has 0 aliphatic heterocycles. The number of ether oxygens (including phenoxy) is 2. The Balaban J connectivity index is 2.25. The predicted molar refractivity (Wildman–Crippen MR) is 69.1 cm³/mol. The minimum atomic E-state index is 0.280. The molecule has 4 heteroatoms. The Kier molecular flexibility index (Phi) is 3.79. The Morgan fingerprint density at radius 1 is 1.24 bits per heavy atom. The number of hydrogen-bond donors (Lipinski definition) is 1. The zero-order valence-corrected chi connectivity index (χ0v) is 11.2. The molecule has 1 aromatic rings. The van der Waals surface area contributed by atoms with Gasteiger partial charge in [0.15, 0.2) is 0 Å². The lowest BCUT2D eigenvalue weighted by Crippen LogP contribution is -2.20. The Hall–Kier alpha value is -0.930. The summed E-state index contributed by atoms with van der Waals surface area (Å²) in [4.78, 5) is 0. The molecule has 0 saturated heterocycles. The van der Waals surface area contributed by atoms with Crippen molar-refractivity contribution >= 4 is 11.6 Å². The molecule has 1 N–H and O–H groups in total. The summed E-state index contributed by atoms with van der Waals surface area (Å²) in [7, 11) is 3.23. The van der Waals surface area contributed by atoms with Crippen molar-refractivity contribution in [3.05, 3.63) is 22.7 Å². The maximum atomic E-state index is 6.13. The molecule has 94 valence electrons. The Morgan fingerprint density at radius 2 is 1.76 bits per heavy atom. The molecule has 17 heavy (non-hydrogen) atoms. The van der Waals surface area contributed by atoms with Crippen LogP contribution < -0.4 is 14.8 Å². The van der Waals surface area contributed by atoms with E-state index < -0.39 is 0 Å². The maximum Gasteiger partial charge on any atom is 0.141 e. The van der Waals surface area contributed by atoms with Crippen molar-refractivity contribution in [2.75, 3.05) is 14.2 Å². The zero-order valence-electron chi connectivity index (χ0n) is 10.4. The summed E-state index contributed by atoms with van der Waals surface area (Å²) in [6, 6.07) is 4.87. The molecule has 0 bridgehead atoms. The quantitative estimate of drug-likeness (QED) is 0.877. The maximum absolute atomic E-state index is 6.13. The fraction of sp³-hybridized carbons (Fsp3) is 0.538. The van der Waals surface area contributed by atoms with Gasteiger partial charge in [0.05, 0.1) is 14.2 Å². The second kappa shape index (κ2) is 5.15. The van der Waals surface area contributed by atoms with Crippen molar-refractivity contribution in [1.82, 2.24) is 5.32 Å². The first-order valence-corrected chi connectivity index (χ1v) is 6.21. The second-order valence-electron chi connectivity index (χ2n) is 4.40. The first kappa shape index (κ1) is 12.5. The minimum Gasteiger partial charge on any atom is -0.495 e. The van der Waals surface area contributed by atoms with Gasteiger partial charge < -0.3 is 14.8 Å². The van der Waals surface area contributed by atoms with Crippen molar-refractivity contribution in [3.63, 3.8) is 0 Å². The van der Waals surface area contributed by atoms with Gasteiger partial charge in [0.1, 0.15) is 16.5 Å². The van der Waals surface area contributed by atoms with E-state index in [0.29, 0.717) is 22.6 Å². The Morgan fingerprint density at radius 3 is 2.18 bits per heavy atom.